The van der Waals surface area contributed by atoms with Gasteiger partial charge >= 0.3 is 0 Å². The van der Waals surface area contributed by atoms with Gasteiger partial charge in [-0.05, 0) is 6.07 Å². The summed E-state index contributed by atoms with van der Waals surface area (Å²) >= 11 is 5.47. The molecule has 92 valence electrons. The van der Waals surface area contributed by atoms with Crippen LogP contribution in [-0.2, 0) is 4.79 Å². The summed E-state index contributed by atoms with van der Waals surface area (Å²) in [7, 11) is 0. The number of rotatable bonds is 4. The second-order valence-corrected chi connectivity index (χ2v) is 3.77. The number of amides is 1. The molecule has 0 bridgehead atoms. The van der Waals surface area contributed by atoms with Crippen molar-refractivity contribution < 1.29 is 14.1 Å². The Hall–Kier alpha value is -1.69. The Morgan fingerprint density at radius 2 is 2.29 bits per heavy atom. The van der Waals surface area contributed by atoms with Crippen LogP contribution in [0.1, 0.15) is 6.92 Å². The Bertz CT molecular complexity index is 453. The third kappa shape index (κ3) is 3.39. The Morgan fingerprint density at radius 3 is 2.82 bits per heavy atom. The number of hydrogen-bond donors (Lipinski definition) is 1. The number of nitrogens with one attached hydrogen (secondary N) is 1. The van der Waals surface area contributed by atoms with Crippen LogP contribution in [0.5, 0.6) is 0 Å². The van der Waals surface area contributed by atoms with Crippen LogP contribution >= 0.6 is 11.6 Å². The van der Waals surface area contributed by atoms with Crippen LogP contribution in [0, 0.1) is 21.8 Å². The first kappa shape index (κ1) is 13.4. The molecule has 1 N–H and O–H groups in total. The van der Waals surface area contributed by atoms with Gasteiger partial charge in [0.25, 0.3) is 5.69 Å². The predicted molar refractivity (Wildman–Crippen MR) is 61.6 cm³/mol. The van der Waals surface area contributed by atoms with E-state index in [0.29, 0.717) is 0 Å². The van der Waals surface area contributed by atoms with Crippen LogP contribution in [0.3, 0.4) is 0 Å². The van der Waals surface area contributed by atoms with Crippen molar-refractivity contribution in [2.45, 2.75) is 6.92 Å². The zero-order chi connectivity index (χ0) is 13.0. The number of nitro groups is 1. The molecule has 0 saturated carbocycles. The molecule has 0 aliphatic rings. The van der Waals surface area contributed by atoms with E-state index in [0.717, 1.165) is 18.2 Å². The molecule has 0 heterocycles. The summed E-state index contributed by atoms with van der Waals surface area (Å²) < 4.78 is 13.3. The highest BCUT2D eigenvalue weighted by Crippen LogP contribution is 2.21. The lowest BCUT2D eigenvalue weighted by atomic mass is 10.2. The number of alkyl halides is 1. The zero-order valence-electron chi connectivity index (χ0n) is 8.94. The van der Waals surface area contributed by atoms with Crippen LogP contribution in [0.4, 0.5) is 15.8 Å². The largest absolute Gasteiger partial charge is 0.323 e. The molecule has 5 nitrogen and oxygen atoms in total. The highest BCUT2D eigenvalue weighted by molar-refractivity contribution is 6.19. The second kappa shape index (κ2) is 5.58. The van der Waals surface area contributed by atoms with Crippen LogP contribution in [0.15, 0.2) is 18.2 Å². The third-order valence-corrected chi connectivity index (χ3v) is 2.56. The second-order valence-electron chi connectivity index (χ2n) is 3.47. The van der Waals surface area contributed by atoms with E-state index in [4.69, 9.17) is 11.6 Å². The monoisotopic (exact) mass is 260 g/mol. The van der Waals surface area contributed by atoms with E-state index in [1.54, 1.807) is 6.92 Å². The normalized spacial score (nSPS) is 11.9. The Morgan fingerprint density at radius 1 is 1.65 bits per heavy atom. The average Bonchev–Trinajstić information content (AvgIpc) is 2.30. The van der Waals surface area contributed by atoms with E-state index in [-0.39, 0.29) is 17.3 Å². The number of hydrogen-bond acceptors (Lipinski definition) is 3. The van der Waals surface area contributed by atoms with Gasteiger partial charge < -0.3 is 5.32 Å². The third-order valence-electron chi connectivity index (χ3n) is 2.10. The van der Waals surface area contributed by atoms with Gasteiger partial charge in [0, 0.05) is 23.9 Å². The summed E-state index contributed by atoms with van der Waals surface area (Å²) in [5.41, 5.74) is -0.513. The fourth-order valence-electron chi connectivity index (χ4n) is 1.05. The van der Waals surface area contributed by atoms with E-state index in [1.807, 2.05) is 0 Å². The molecule has 0 fully saturated rings. The maximum absolute atomic E-state index is 13.3. The standard InChI is InChI=1S/C10H10ClFN2O3/c1-6(5-11)10(15)13-9-4-7(14(16)17)2-3-8(9)12/h2-4,6H,5H2,1H3,(H,13,15). The van der Waals surface area contributed by atoms with Gasteiger partial charge in [-0.25, -0.2) is 4.39 Å². The lowest BCUT2D eigenvalue weighted by Gasteiger charge is -2.09. The quantitative estimate of drug-likeness (QED) is 0.514. The number of carbonyl (C=O) groups excluding carboxylic acids is 1. The lowest BCUT2D eigenvalue weighted by Crippen LogP contribution is -2.22. The smallest absolute Gasteiger partial charge is 0.271 e. The van der Waals surface area contributed by atoms with Crippen LogP contribution < -0.4 is 5.32 Å². The molecule has 0 aliphatic carbocycles. The van der Waals surface area contributed by atoms with Crippen molar-refractivity contribution in [3.8, 4) is 0 Å². The van der Waals surface area contributed by atoms with E-state index in [1.165, 1.54) is 0 Å². The number of non-ortho nitro benzene ring substituents is 1. The molecule has 1 atom stereocenters. The molecule has 1 aromatic carbocycles. The summed E-state index contributed by atoms with van der Waals surface area (Å²) in [6.45, 7) is 1.57. The highest BCUT2D eigenvalue weighted by Gasteiger charge is 2.16. The lowest BCUT2D eigenvalue weighted by molar-refractivity contribution is -0.384. The van der Waals surface area contributed by atoms with Crippen molar-refractivity contribution in [1.29, 1.82) is 0 Å². The molecular weight excluding hydrogens is 251 g/mol. The van der Waals surface area contributed by atoms with Gasteiger partial charge in [0.1, 0.15) is 5.82 Å². The van der Waals surface area contributed by atoms with Crippen molar-refractivity contribution >= 4 is 28.9 Å². The molecule has 17 heavy (non-hydrogen) atoms. The molecule has 1 rings (SSSR count). The molecular formula is C10H10ClFN2O3. The Balaban J connectivity index is 2.94. The number of benzene rings is 1. The van der Waals surface area contributed by atoms with E-state index in [9.17, 15) is 19.3 Å². The molecule has 0 aromatic heterocycles. The van der Waals surface area contributed by atoms with Crippen LogP contribution in [0.2, 0.25) is 0 Å². The van der Waals surface area contributed by atoms with E-state index >= 15 is 0 Å². The maximum Gasteiger partial charge on any atom is 0.271 e. The SMILES string of the molecule is CC(CCl)C(=O)Nc1cc([N+](=O)[O-])ccc1F. The van der Waals surface area contributed by atoms with Crippen molar-refractivity contribution in [3.63, 3.8) is 0 Å². The first-order chi connectivity index (χ1) is 7.95. The fourth-order valence-corrected chi connectivity index (χ4v) is 1.19. The van der Waals surface area contributed by atoms with Crippen molar-refractivity contribution in [2.24, 2.45) is 5.92 Å². The molecule has 7 heteroatoms. The fraction of sp³-hybridized carbons (Fsp3) is 0.300. The Kier molecular flexibility index (Phi) is 4.39. The molecule has 1 amide bonds. The first-order valence-electron chi connectivity index (χ1n) is 4.76. The number of anilines is 1. The summed E-state index contributed by atoms with van der Waals surface area (Å²) in [5, 5.41) is 12.7. The van der Waals surface area contributed by atoms with Gasteiger partial charge in [0.05, 0.1) is 10.6 Å². The minimum absolute atomic E-state index is 0.0857. The van der Waals surface area contributed by atoms with Gasteiger partial charge in [-0.1, -0.05) is 6.92 Å². The molecule has 1 aromatic rings. The molecule has 0 aliphatic heterocycles. The minimum Gasteiger partial charge on any atom is -0.323 e. The minimum atomic E-state index is -0.731. The number of nitrogens with zero attached hydrogens (tertiary/aromatic N) is 1. The predicted octanol–water partition coefficient (Wildman–Crippen LogP) is 2.55. The van der Waals surface area contributed by atoms with Gasteiger partial charge in [-0.2, -0.15) is 0 Å². The van der Waals surface area contributed by atoms with Crippen molar-refractivity contribution in [3.05, 3.63) is 34.1 Å². The maximum atomic E-state index is 13.3. The van der Waals surface area contributed by atoms with Gasteiger partial charge in [0.15, 0.2) is 0 Å². The Labute approximate surface area is 102 Å². The summed E-state index contributed by atoms with van der Waals surface area (Å²) in [6.07, 6.45) is 0. The van der Waals surface area contributed by atoms with E-state index < -0.39 is 22.6 Å². The van der Waals surface area contributed by atoms with Crippen molar-refractivity contribution in [2.75, 3.05) is 11.2 Å². The molecule has 0 spiro atoms. The summed E-state index contributed by atoms with van der Waals surface area (Å²) in [5.74, 6) is -1.64. The molecule has 0 saturated heterocycles. The van der Waals surface area contributed by atoms with Crippen LogP contribution in [0.25, 0.3) is 0 Å². The van der Waals surface area contributed by atoms with Gasteiger partial charge in [-0.3, -0.25) is 14.9 Å². The zero-order valence-corrected chi connectivity index (χ0v) is 9.70. The highest BCUT2D eigenvalue weighted by atomic mass is 35.5. The number of halogens is 2. The topological polar surface area (TPSA) is 72.2 Å². The number of nitro benzene ring substituents is 1. The molecule has 0 radical (unpaired) electrons. The average molecular weight is 261 g/mol. The van der Waals surface area contributed by atoms with Crippen molar-refractivity contribution in [1.82, 2.24) is 0 Å². The van der Waals surface area contributed by atoms with Gasteiger partial charge in [-0.15, -0.1) is 11.6 Å². The van der Waals surface area contributed by atoms with Gasteiger partial charge in [0.2, 0.25) is 5.91 Å². The summed E-state index contributed by atoms with van der Waals surface area (Å²) in [6, 6.07) is 2.92. The molecule has 1 unspecified atom stereocenters. The summed E-state index contributed by atoms with van der Waals surface area (Å²) in [4.78, 5) is 21.3. The van der Waals surface area contributed by atoms with Crippen LogP contribution in [-0.4, -0.2) is 16.7 Å². The van der Waals surface area contributed by atoms with E-state index in [2.05, 4.69) is 5.32 Å². The number of carbonyl (C=O) groups is 1. The first-order valence-corrected chi connectivity index (χ1v) is 5.30.